The Labute approximate surface area is 120 Å². The second kappa shape index (κ2) is 5.41. The zero-order valence-corrected chi connectivity index (χ0v) is 11.3. The second-order valence-electron chi connectivity index (χ2n) is 4.97. The molecule has 0 fully saturated rings. The molecule has 0 radical (unpaired) electrons. The van der Waals surface area contributed by atoms with Crippen molar-refractivity contribution in [3.05, 3.63) is 35.8 Å². The summed E-state index contributed by atoms with van der Waals surface area (Å²) >= 11 is 0. The Hall–Kier alpha value is -2.61. The number of carbonyl (C=O) groups excluding carboxylic acids is 2. The molecule has 2 aromatic rings. The first-order valence-electron chi connectivity index (χ1n) is 6.68. The number of hydrogen-bond acceptors (Lipinski definition) is 2. The molecule has 1 N–H and O–H groups in total. The molecule has 1 aliphatic rings. The van der Waals surface area contributed by atoms with Crippen LogP contribution in [0.2, 0.25) is 0 Å². The van der Waals surface area contributed by atoms with Gasteiger partial charge in [-0.15, -0.1) is 0 Å². The van der Waals surface area contributed by atoms with E-state index >= 15 is 0 Å². The number of halogens is 1. The first kappa shape index (κ1) is 13.4. The third-order valence-corrected chi connectivity index (χ3v) is 3.49. The predicted molar refractivity (Wildman–Crippen MR) is 75.9 cm³/mol. The smallest absolute Gasteiger partial charge is 0.227 e. The molecule has 2 heterocycles. The van der Waals surface area contributed by atoms with Crippen LogP contribution in [0.5, 0.6) is 0 Å². The van der Waals surface area contributed by atoms with Crippen LogP contribution in [-0.4, -0.2) is 34.7 Å². The molecule has 0 saturated carbocycles. The van der Waals surface area contributed by atoms with Crippen LogP contribution in [0.15, 0.2) is 24.4 Å². The fourth-order valence-electron chi connectivity index (χ4n) is 2.44. The summed E-state index contributed by atoms with van der Waals surface area (Å²) in [6, 6.07) is 4.42. The highest BCUT2D eigenvalue weighted by atomic mass is 19.1. The van der Waals surface area contributed by atoms with Crippen LogP contribution in [0, 0.1) is 17.7 Å². The average molecular weight is 284 g/mol. The van der Waals surface area contributed by atoms with Crippen LogP contribution >= 0.6 is 0 Å². The van der Waals surface area contributed by atoms with Crippen molar-refractivity contribution in [3.63, 3.8) is 0 Å². The van der Waals surface area contributed by atoms with Crippen LogP contribution in [0.4, 0.5) is 4.39 Å². The summed E-state index contributed by atoms with van der Waals surface area (Å²) in [5, 5.41) is 0.821. The van der Waals surface area contributed by atoms with Gasteiger partial charge in [-0.05, 0) is 29.7 Å². The van der Waals surface area contributed by atoms with Gasteiger partial charge in [0, 0.05) is 30.1 Å². The van der Waals surface area contributed by atoms with Gasteiger partial charge in [-0.2, -0.15) is 0 Å². The van der Waals surface area contributed by atoms with E-state index in [1.54, 1.807) is 12.3 Å². The van der Waals surface area contributed by atoms with Crippen LogP contribution in [0.1, 0.15) is 12.0 Å². The van der Waals surface area contributed by atoms with Crippen molar-refractivity contribution < 1.29 is 14.0 Å². The predicted octanol–water partition coefficient (Wildman–Crippen LogP) is 1.65. The molecule has 0 spiro atoms. The van der Waals surface area contributed by atoms with Crippen molar-refractivity contribution in [2.45, 2.75) is 12.8 Å². The van der Waals surface area contributed by atoms with Crippen molar-refractivity contribution in [3.8, 4) is 11.8 Å². The minimum Gasteiger partial charge on any atom is -0.361 e. The molecule has 21 heavy (non-hydrogen) atoms. The highest BCUT2D eigenvalue weighted by Gasteiger charge is 2.19. The molecule has 0 atom stereocenters. The number of Topliss-reactive ketones (excluding diaryl/α,β-unsaturated/α-hetero) is 1. The lowest BCUT2D eigenvalue weighted by molar-refractivity contribution is -0.133. The number of rotatable bonds is 2. The molecule has 1 aromatic heterocycles. The summed E-state index contributed by atoms with van der Waals surface area (Å²) in [7, 11) is 0. The van der Waals surface area contributed by atoms with Crippen molar-refractivity contribution in [1.82, 2.24) is 9.88 Å². The van der Waals surface area contributed by atoms with E-state index in [1.165, 1.54) is 17.0 Å². The second-order valence-corrected chi connectivity index (χ2v) is 4.97. The number of carbonyl (C=O) groups is 2. The molecule has 5 heteroatoms. The largest absolute Gasteiger partial charge is 0.361 e. The number of aromatic amines is 1. The van der Waals surface area contributed by atoms with Crippen molar-refractivity contribution in [2.75, 3.05) is 13.1 Å². The van der Waals surface area contributed by atoms with E-state index in [0.717, 1.165) is 10.9 Å². The van der Waals surface area contributed by atoms with Crippen LogP contribution in [0.25, 0.3) is 10.9 Å². The van der Waals surface area contributed by atoms with Gasteiger partial charge in [0.1, 0.15) is 5.82 Å². The maximum atomic E-state index is 13.1. The van der Waals surface area contributed by atoms with Gasteiger partial charge in [0.15, 0.2) is 0 Å². The van der Waals surface area contributed by atoms with E-state index in [1.807, 2.05) is 0 Å². The van der Waals surface area contributed by atoms with Gasteiger partial charge in [-0.1, -0.05) is 5.92 Å². The molecule has 0 bridgehead atoms. The quantitative estimate of drug-likeness (QED) is 0.673. The van der Waals surface area contributed by atoms with Gasteiger partial charge in [0.2, 0.25) is 11.7 Å². The fourth-order valence-corrected chi connectivity index (χ4v) is 2.44. The Balaban J connectivity index is 1.78. The lowest BCUT2D eigenvalue weighted by Gasteiger charge is -2.18. The van der Waals surface area contributed by atoms with E-state index in [2.05, 4.69) is 16.8 Å². The topological polar surface area (TPSA) is 53.2 Å². The monoisotopic (exact) mass is 284 g/mol. The Morgan fingerprint density at radius 2 is 2.29 bits per heavy atom. The molecule has 3 rings (SSSR count). The summed E-state index contributed by atoms with van der Waals surface area (Å²) in [5.41, 5.74) is 1.46. The Bertz CT molecular complexity index is 782. The number of nitrogens with zero attached hydrogens (tertiary/aromatic N) is 1. The van der Waals surface area contributed by atoms with Gasteiger partial charge in [-0.25, -0.2) is 4.39 Å². The standard InChI is InChI=1S/C16H13FN2O2/c17-12-4-5-14-11(9-18-15(14)8-12)7-16(21)19-6-2-1-3-13(20)10-19/h4-5,8-9,18H,2,6-7,10H2. The Kier molecular flexibility index (Phi) is 3.44. The summed E-state index contributed by atoms with van der Waals surface area (Å²) in [6.45, 7) is 0.511. The van der Waals surface area contributed by atoms with Crippen molar-refractivity contribution in [2.24, 2.45) is 0 Å². The van der Waals surface area contributed by atoms with E-state index in [0.29, 0.717) is 18.5 Å². The zero-order chi connectivity index (χ0) is 14.8. The van der Waals surface area contributed by atoms with Gasteiger partial charge in [-0.3, -0.25) is 9.59 Å². The Morgan fingerprint density at radius 1 is 1.43 bits per heavy atom. The molecule has 0 saturated heterocycles. The minimum absolute atomic E-state index is 0.0445. The fraction of sp³-hybridized carbons (Fsp3) is 0.250. The molecule has 1 aliphatic heterocycles. The number of benzene rings is 1. The van der Waals surface area contributed by atoms with Gasteiger partial charge in [0.05, 0.1) is 13.0 Å². The summed E-state index contributed by atoms with van der Waals surface area (Å²) < 4.78 is 13.1. The van der Waals surface area contributed by atoms with Gasteiger partial charge in [0.25, 0.3) is 0 Å². The van der Waals surface area contributed by atoms with Crippen LogP contribution in [-0.2, 0) is 16.0 Å². The van der Waals surface area contributed by atoms with Crippen LogP contribution in [0.3, 0.4) is 0 Å². The SMILES string of the molecule is O=C1C#CCCN(C(=O)Cc2c[nH]c3cc(F)ccc23)C1. The first-order chi connectivity index (χ1) is 10.1. The molecule has 106 valence electrons. The third kappa shape index (κ3) is 2.79. The van der Waals surface area contributed by atoms with E-state index in [9.17, 15) is 14.0 Å². The average Bonchev–Trinajstić information content (AvgIpc) is 2.70. The third-order valence-electron chi connectivity index (χ3n) is 3.49. The number of H-pyrrole nitrogens is 1. The van der Waals surface area contributed by atoms with E-state index in [-0.39, 0.29) is 30.5 Å². The van der Waals surface area contributed by atoms with Crippen molar-refractivity contribution >= 4 is 22.6 Å². The summed E-state index contributed by atoms with van der Waals surface area (Å²) in [5.74, 6) is 4.55. The van der Waals surface area contributed by atoms with E-state index < -0.39 is 0 Å². The number of hydrogen-bond donors (Lipinski definition) is 1. The lowest BCUT2D eigenvalue weighted by Crippen LogP contribution is -2.36. The molecule has 0 unspecified atom stereocenters. The maximum Gasteiger partial charge on any atom is 0.227 e. The summed E-state index contributed by atoms with van der Waals surface area (Å²) in [4.78, 5) is 28.2. The number of ketones is 1. The minimum atomic E-state index is -0.322. The number of aromatic nitrogens is 1. The van der Waals surface area contributed by atoms with E-state index in [4.69, 9.17) is 0 Å². The number of fused-ring (bicyclic) bond motifs is 1. The van der Waals surface area contributed by atoms with Gasteiger partial charge < -0.3 is 9.88 Å². The maximum absolute atomic E-state index is 13.1. The zero-order valence-electron chi connectivity index (χ0n) is 11.3. The highest BCUT2D eigenvalue weighted by molar-refractivity contribution is 5.99. The number of nitrogens with one attached hydrogen (secondary N) is 1. The Morgan fingerprint density at radius 3 is 3.14 bits per heavy atom. The number of amides is 1. The molecule has 1 aromatic carbocycles. The summed E-state index contributed by atoms with van der Waals surface area (Å²) in [6.07, 6.45) is 2.40. The van der Waals surface area contributed by atoms with Crippen molar-refractivity contribution in [1.29, 1.82) is 0 Å². The molecule has 4 nitrogen and oxygen atoms in total. The molecular weight excluding hydrogens is 271 g/mol. The molecular formula is C16H13FN2O2. The first-order valence-corrected chi connectivity index (χ1v) is 6.68. The lowest BCUT2D eigenvalue weighted by atomic mass is 10.1. The molecule has 1 amide bonds. The van der Waals surface area contributed by atoms with Gasteiger partial charge >= 0.3 is 0 Å². The highest BCUT2D eigenvalue weighted by Crippen LogP contribution is 2.20. The normalized spacial score (nSPS) is 14.7. The van der Waals surface area contributed by atoms with Crippen LogP contribution < -0.4 is 0 Å². The molecule has 0 aliphatic carbocycles.